The van der Waals surface area contributed by atoms with E-state index in [4.69, 9.17) is 4.74 Å². The molecule has 0 aromatic heterocycles. The summed E-state index contributed by atoms with van der Waals surface area (Å²) in [7, 11) is -1.49. The molecule has 2 atom stereocenters. The van der Waals surface area contributed by atoms with Crippen LogP contribution in [0.15, 0.2) is 29.3 Å². The Balaban J connectivity index is 2.03. The standard InChI is InChI=1S/C17H22N2O4S2/c1-17(2,3)15(20)18-16-19(11-6-5-7-12(8-11)23-4)13-9-25(21,22)10-14(13)24-16/h5-8,13-14H,9-10H2,1-4H3/t13-,14+/m0/s1. The summed E-state index contributed by atoms with van der Waals surface area (Å²) >= 11 is 1.38. The number of amidine groups is 1. The van der Waals surface area contributed by atoms with Crippen LogP contribution in [0.4, 0.5) is 5.69 Å². The molecule has 6 nitrogen and oxygen atoms in total. The van der Waals surface area contributed by atoms with Gasteiger partial charge in [0.2, 0.25) is 0 Å². The fraction of sp³-hybridized carbons (Fsp3) is 0.529. The molecule has 0 radical (unpaired) electrons. The predicted octanol–water partition coefficient (Wildman–Crippen LogP) is 2.34. The molecule has 8 heteroatoms. The first-order valence-corrected chi connectivity index (χ1v) is 10.7. The van der Waals surface area contributed by atoms with Crippen molar-refractivity contribution in [1.82, 2.24) is 0 Å². The second-order valence-electron chi connectivity index (χ2n) is 7.32. The van der Waals surface area contributed by atoms with E-state index in [2.05, 4.69) is 4.99 Å². The zero-order chi connectivity index (χ0) is 18.4. The van der Waals surface area contributed by atoms with E-state index in [9.17, 15) is 13.2 Å². The van der Waals surface area contributed by atoms with Gasteiger partial charge in [-0.2, -0.15) is 4.99 Å². The van der Waals surface area contributed by atoms with Crippen molar-refractivity contribution in [3.8, 4) is 5.75 Å². The van der Waals surface area contributed by atoms with Crippen molar-refractivity contribution < 1.29 is 17.9 Å². The lowest BCUT2D eigenvalue weighted by Gasteiger charge is -2.25. The third-order valence-corrected chi connectivity index (χ3v) is 7.45. The van der Waals surface area contributed by atoms with Gasteiger partial charge in [0.1, 0.15) is 5.75 Å². The van der Waals surface area contributed by atoms with Crippen molar-refractivity contribution in [3.05, 3.63) is 24.3 Å². The number of ether oxygens (including phenoxy) is 1. The summed E-state index contributed by atoms with van der Waals surface area (Å²) in [5, 5.41) is 0.459. The molecule has 0 N–H and O–H groups in total. The van der Waals surface area contributed by atoms with Gasteiger partial charge in [-0.15, -0.1) is 0 Å². The van der Waals surface area contributed by atoms with Gasteiger partial charge in [0.05, 0.1) is 24.7 Å². The first kappa shape index (κ1) is 18.3. The van der Waals surface area contributed by atoms with Crippen LogP contribution in [0.5, 0.6) is 5.75 Å². The van der Waals surface area contributed by atoms with Gasteiger partial charge in [0, 0.05) is 22.4 Å². The highest BCUT2D eigenvalue weighted by molar-refractivity contribution is 8.16. The minimum atomic E-state index is -3.08. The normalized spacial score (nSPS) is 26.7. The summed E-state index contributed by atoms with van der Waals surface area (Å²) < 4.78 is 29.4. The largest absolute Gasteiger partial charge is 0.497 e. The van der Waals surface area contributed by atoms with Crippen molar-refractivity contribution in [2.45, 2.75) is 32.1 Å². The average Bonchev–Trinajstić information content (AvgIpc) is 2.97. The molecular formula is C17H22N2O4S2. The van der Waals surface area contributed by atoms with Crippen LogP contribution in [-0.4, -0.2) is 49.4 Å². The molecule has 0 unspecified atom stereocenters. The Morgan fingerprint density at radius 2 is 2.04 bits per heavy atom. The third kappa shape index (κ3) is 3.69. The van der Waals surface area contributed by atoms with Crippen LogP contribution in [0.3, 0.4) is 0 Å². The van der Waals surface area contributed by atoms with E-state index in [0.29, 0.717) is 10.9 Å². The van der Waals surface area contributed by atoms with Crippen molar-refractivity contribution in [2.24, 2.45) is 10.4 Å². The number of benzene rings is 1. The molecule has 0 saturated carbocycles. The van der Waals surface area contributed by atoms with Crippen molar-refractivity contribution in [3.63, 3.8) is 0 Å². The average molecular weight is 383 g/mol. The molecule has 3 rings (SSSR count). The Bertz CT molecular complexity index is 827. The van der Waals surface area contributed by atoms with Crippen LogP contribution in [0.1, 0.15) is 20.8 Å². The van der Waals surface area contributed by atoms with E-state index in [-0.39, 0.29) is 28.7 Å². The number of amides is 1. The first-order chi connectivity index (χ1) is 11.6. The summed E-state index contributed by atoms with van der Waals surface area (Å²) in [6.07, 6.45) is 0. The Morgan fingerprint density at radius 3 is 2.68 bits per heavy atom. The van der Waals surface area contributed by atoms with Crippen molar-refractivity contribution >= 4 is 38.4 Å². The number of carbonyl (C=O) groups is 1. The molecule has 0 bridgehead atoms. The van der Waals surface area contributed by atoms with Gasteiger partial charge in [-0.3, -0.25) is 4.79 Å². The zero-order valence-electron chi connectivity index (χ0n) is 14.7. The summed E-state index contributed by atoms with van der Waals surface area (Å²) in [5.74, 6) is 0.648. The Kier molecular flexibility index (Phi) is 4.61. The van der Waals surface area contributed by atoms with Crippen molar-refractivity contribution in [1.29, 1.82) is 0 Å². The number of fused-ring (bicyclic) bond motifs is 1. The highest BCUT2D eigenvalue weighted by atomic mass is 32.2. The van der Waals surface area contributed by atoms with E-state index >= 15 is 0 Å². The molecule has 0 spiro atoms. The quantitative estimate of drug-likeness (QED) is 0.781. The molecule has 2 heterocycles. The van der Waals surface area contributed by atoms with Gasteiger partial charge in [0.25, 0.3) is 5.91 Å². The number of thioether (sulfide) groups is 1. The second kappa shape index (κ2) is 6.32. The number of aliphatic imine (C=N–C) groups is 1. The molecule has 1 aromatic rings. The predicted molar refractivity (Wildman–Crippen MR) is 101 cm³/mol. The highest BCUT2D eigenvalue weighted by Gasteiger charge is 2.49. The van der Waals surface area contributed by atoms with Crippen LogP contribution in [0, 0.1) is 5.41 Å². The second-order valence-corrected chi connectivity index (χ2v) is 10.7. The number of carbonyl (C=O) groups excluding carboxylic acids is 1. The maximum atomic E-state index is 12.4. The molecule has 1 aromatic carbocycles. The molecule has 2 aliphatic rings. The van der Waals surface area contributed by atoms with Crippen LogP contribution in [0.25, 0.3) is 0 Å². The van der Waals surface area contributed by atoms with Gasteiger partial charge in [0.15, 0.2) is 15.0 Å². The van der Waals surface area contributed by atoms with E-state index in [1.165, 1.54) is 11.8 Å². The van der Waals surface area contributed by atoms with Gasteiger partial charge < -0.3 is 9.64 Å². The minimum absolute atomic E-state index is 0.0740. The van der Waals surface area contributed by atoms with Gasteiger partial charge >= 0.3 is 0 Å². The maximum Gasteiger partial charge on any atom is 0.253 e. The van der Waals surface area contributed by atoms with E-state index in [1.807, 2.05) is 49.9 Å². The minimum Gasteiger partial charge on any atom is -0.497 e. The smallest absolute Gasteiger partial charge is 0.253 e. The number of methoxy groups -OCH3 is 1. The number of rotatable bonds is 2. The molecular weight excluding hydrogens is 360 g/mol. The van der Waals surface area contributed by atoms with Crippen LogP contribution < -0.4 is 9.64 Å². The number of anilines is 1. The first-order valence-electron chi connectivity index (χ1n) is 8.04. The Morgan fingerprint density at radius 1 is 1.32 bits per heavy atom. The number of hydrogen-bond acceptors (Lipinski definition) is 5. The molecule has 136 valence electrons. The summed E-state index contributed by atoms with van der Waals surface area (Å²) in [6, 6.07) is 7.18. The fourth-order valence-electron chi connectivity index (χ4n) is 2.88. The van der Waals surface area contributed by atoms with E-state index in [1.54, 1.807) is 7.11 Å². The fourth-order valence-corrected chi connectivity index (χ4v) is 6.79. The lowest BCUT2D eigenvalue weighted by molar-refractivity contribution is -0.124. The van der Waals surface area contributed by atoms with E-state index < -0.39 is 15.3 Å². The van der Waals surface area contributed by atoms with Crippen LogP contribution in [-0.2, 0) is 14.6 Å². The zero-order valence-corrected chi connectivity index (χ0v) is 16.4. The van der Waals surface area contributed by atoms with E-state index in [0.717, 1.165) is 5.69 Å². The lowest BCUT2D eigenvalue weighted by Crippen LogP contribution is -2.38. The highest BCUT2D eigenvalue weighted by Crippen LogP contribution is 2.41. The molecule has 2 saturated heterocycles. The maximum absolute atomic E-state index is 12.4. The monoisotopic (exact) mass is 382 g/mol. The van der Waals surface area contributed by atoms with Gasteiger partial charge in [-0.05, 0) is 12.1 Å². The third-order valence-electron chi connectivity index (χ3n) is 4.24. The van der Waals surface area contributed by atoms with Gasteiger partial charge in [-0.25, -0.2) is 8.42 Å². The summed E-state index contributed by atoms with van der Waals surface area (Å²) in [6.45, 7) is 5.46. The molecule has 2 fully saturated rings. The lowest BCUT2D eigenvalue weighted by atomic mass is 9.96. The number of hydrogen-bond donors (Lipinski definition) is 0. The SMILES string of the molecule is COc1cccc(N2C(=NC(=O)C(C)(C)C)S[C@@H]3CS(=O)(=O)C[C@@H]32)c1. The van der Waals surface area contributed by atoms with Gasteiger partial charge in [-0.1, -0.05) is 38.6 Å². The molecule has 2 aliphatic heterocycles. The molecule has 0 aliphatic carbocycles. The van der Waals surface area contributed by atoms with Crippen LogP contribution >= 0.6 is 11.8 Å². The van der Waals surface area contributed by atoms with Crippen LogP contribution in [0.2, 0.25) is 0 Å². The molecule has 1 amide bonds. The summed E-state index contributed by atoms with van der Waals surface area (Å²) in [5.41, 5.74) is 0.203. The molecule has 25 heavy (non-hydrogen) atoms. The Hall–Kier alpha value is -1.54. The number of nitrogens with zero attached hydrogens (tertiary/aromatic N) is 2. The van der Waals surface area contributed by atoms with Crippen molar-refractivity contribution in [2.75, 3.05) is 23.5 Å². The Labute approximate surface area is 152 Å². The topological polar surface area (TPSA) is 76.0 Å². The summed E-state index contributed by atoms with van der Waals surface area (Å²) in [4.78, 5) is 18.6. The number of sulfone groups is 1.